The first kappa shape index (κ1) is 113. The van der Waals surface area contributed by atoms with E-state index in [0.717, 1.165) is 41.9 Å². The summed E-state index contributed by atoms with van der Waals surface area (Å²) >= 11 is 0. The number of carbonyl (C=O) groups is 21. The van der Waals surface area contributed by atoms with E-state index < -0.39 is 109 Å². The van der Waals surface area contributed by atoms with E-state index in [1.807, 2.05) is 49.0 Å². The molecule has 1 aliphatic carbocycles. The van der Waals surface area contributed by atoms with E-state index in [2.05, 4.69) is 53.2 Å². The number of methoxy groups -OCH3 is 2. The van der Waals surface area contributed by atoms with Crippen LogP contribution in [0.4, 0.5) is 0 Å². The lowest BCUT2D eigenvalue weighted by Gasteiger charge is -2.29. The van der Waals surface area contributed by atoms with Gasteiger partial charge in [0.25, 0.3) is 11.8 Å². The highest BCUT2D eigenvalue weighted by atomic mass is 16.5. The van der Waals surface area contributed by atoms with Crippen LogP contribution >= 0.6 is 0 Å². The fourth-order valence-corrected chi connectivity index (χ4v) is 11.4. The van der Waals surface area contributed by atoms with Crippen molar-refractivity contribution in [3.05, 3.63) is 59.7 Å². The quantitative estimate of drug-likeness (QED) is 0.0204. The van der Waals surface area contributed by atoms with Gasteiger partial charge in [-0.05, 0) is 75.1 Å². The molecule has 4 rings (SSSR count). The zero-order valence-corrected chi connectivity index (χ0v) is 75.3. The molecule has 0 radical (unpaired) electrons. The Bertz CT molecular complexity index is 3780. The van der Waals surface area contributed by atoms with Crippen molar-refractivity contribution in [2.45, 2.75) is 188 Å². The lowest BCUT2D eigenvalue weighted by molar-refractivity contribution is -0.857. The van der Waals surface area contributed by atoms with Crippen LogP contribution in [-0.2, 0) is 123 Å². The van der Waals surface area contributed by atoms with Crippen LogP contribution in [0.1, 0.15) is 186 Å². The zero-order valence-electron chi connectivity index (χ0n) is 75.3. The summed E-state index contributed by atoms with van der Waals surface area (Å²) in [6.07, 6.45) is 8.99. The van der Waals surface area contributed by atoms with Gasteiger partial charge in [0.2, 0.25) is 59.1 Å². The number of ketones is 7. The Morgan fingerprint density at radius 3 is 1.02 bits per heavy atom. The highest BCUT2D eigenvalue weighted by Crippen LogP contribution is 2.32. The zero-order chi connectivity index (χ0) is 95.0. The van der Waals surface area contributed by atoms with Crippen molar-refractivity contribution in [2.24, 2.45) is 11.8 Å². The van der Waals surface area contributed by atoms with E-state index in [4.69, 9.17) is 28.4 Å². The minimum atomic E-state index is -0.681. The topological polar surface area (TPSA) is 546 Å². The number of hydrogen-bond donors (Lipinski definition) is 12. The molecule has 2 aromatic rings. The maximum atomic E-state index is 12.2. The molecule has 1 saturated carbocycles. The molecule has 706 valence electrons. The average Bonchev–Trinajstić information content (AvgIpc) is 1.81. The maximum absolute atomic E-state index is 12.2. The van der Waals surface area contributed by atoms with Gasteiger partial charge in [0.15, 0.2) is 23.1 Å². The van der Waals surface area contributed by atoms with E-state index >= 15 is 0 Å². The predicted molar refractivity (Wildman–Crippen MR) is 460 cm³/mol. The van der Waals surface area contributed by atoms with Crippen molar-refractivity contribution in [1.29, 1.82) is 0 Å². The third-order valence-electron chi connectivity index (χ3n) is 18.9. The summed E-state index contributed by atoms with van der Waals surface area (Å²) in [6.45, 7) is 5.18. The monoisotopic (exact) mass is 1790 g/mol. The van der Waals surface area contributed by atoms with Gasteiger partial charge in [-0.15, -0.1) is 0 Å². The minimum Gasteiger partial charge on any atom is -0.496 e. The molecule has 127 heavy (non-hydrogen) atoms. The molecule has 40 heteroatoms. The smallest absolute Gasteiger partial charge is 0.306 e. The van der Waals surface area contributed by atoms with Gasteiger partial charge in [0.1, 0.15) is 53.6 Å². The molecule has 12 N–H and O–H groups in total. The molecular formula is C87H133N13O27+2. The van der Waals surface area contributed by atoms with Gasteiger partial charge in [-0.1, -0.05) is 20.8 Å². The van der Waals surface area contributed by atoms with Crippen LogP contribution in [0.5, 0.6) is 23.0 Å². The molecule has 0 aromatic heterocycles. The SMILES string of the molecule is CC.CCCC(=O)C1CCC(CN2C(=O)C=CC2=O)CC1.CNC(=O)CCCOc1ccc(COC(=O)CCC(=O)CNC(=O)CNC(=O)CNC(=O)CCC(=O)CNC(=O)CCC(=O)CC[NH+](C)C)c(OC)c1.CNC(=O)CCCOc1ccc(COC(=O)CCC(=O)CNC(=O)CNC(=O)CNC(=O)CCC(=O)CNC(=O)CCC(=O)CC[NH+](C)C)c(OC)c1. The van der Waals surface area contributed by atoms with Crippen molar-refractivity contribution in [1.82, 2.24) is 58.1 Å². The van der Waals surface area contributed by atoms with Crippen LogP contribution in [-0.4, -0.2) is 270 Å². The van der Waals surface area contributed by atoms with Gasteiger partial charge < -0.3 is 91.4 Å². The summed E-state index contributed by atoms with van der Waals surface area (Å²) in [5, 5.41) is 23.8. The molecule has 1 aliphatic heterocycles. The van der Waals surface area contributed by atoms with Gasteiger partial charge in [-0.3, -0.25) is 106 Å². The first-order chi connectivity index (χ1) is 60.5. The van der Waals surface area contributed by atoms with Crippen LogP contribution in [0, 0.1) is 11.8 Å². The molecule has 12 amide bonds. The number of benzene rings is 2. The predicted octanol–water partition coefficient (Wildman–Crippen LogP) is -1.51. The molecule has 1 heterocycles. The van der Waals surface area contributed by atoms with Crippen molar-refractivity contribution in [2.75, 3.05) is 142 Å². The van der Waals surface area contributed by atoms with Crippen molar-refractivity contribution in [3.8, 4) is 23.0 Å². The lowest BCUT2D eigenvalue weighted by Crippen LogP contribution is -3.05. The molecule has 2 aliphatic rings. The fraction of sp³-hybridized carbons (Fsp3) is 0.598. The van der Waals surface area contributed by atoms with E-state index in [9.17, 15) is 101 Å². The number of amides is 12. The first-order valence-electron chi connectivity index (χ1n) is 42.8. The van der Waals surface area contributed by atoms with Crippen LogP contribution in [0.2, 0.25) is 0 Å². The summed E-state index contributed by atoms with van der Waals surface area (Å²) in [4.78, 5) is 253. The Morgan fingerprint density at radius 1 is 0.378 bits per heavy atom. The van der Waals surface area contributed by atoms with Gasteiger partial charge in [-0.25, -0.2) is 0 Å². The summed E-state index contributed by atoms with van der Waals surface area (Å²) in [5.74, 6) is -5.46. The summed E-state index contributed by atoms with van der Waals surface area (Å²) in [6, 6.07) is 9.97. The van der Waals surface area contributed by atoms with Crippen molar-refractivity contribution in [3.63, 3.8) is 0 Å². The number of Topliss-reactive ketones (excluding diaryl/α,β-unsaturated/α-hetero) is 7. The normalized spacial score (nSPS) is 12.8. The number of ether oxygens (including phenoxy) is 6. The molecule has 40 nitrogen and oxygen atoms in total. The molecule has 1 fully saturated rings. The second-order valence-electron chi connectivity index (χ2n) is 29.9. The molecule has 0 bridgehead atoms. The molecule has 0 spiro atoms. The van der Waals surface area contributed by atoms with Gasteiger partial charge >= 0.3 is 11.9 Å². The minimum absolute atomic E-state index is 0.0217. The molecule has 0 atom stereocenters. The number of quaternary nitrogens is 2. The van der Waals surface area contributed by atoms with Gasteiger partial charge in [-0.2, -0.15) is 0 Å². The largest absolute Gasteiger partial charge is 0.496 e. The number of nitrogens with zero attached hydrogens (tertiary/aromatic N) is 1. The lowest BCUT2D eigenvalue weighted by atomic mass is 9.79. The van der Waals surface area contributed by atoms with E-state index in [1.54, 1.807) is 50.5 Å². The number of esters is 2. The van der Waals surface area contributed by atoms with Gasteiger partial charge in [0, 0.05) is 145 Å². The van der Waals surface area contributed by atoms with E-state index in [1.165, 1.54) is 31.3 Å². The van der Waals surface area contributed by atoms with Crippen LogP contribution < -0.4 is 81.9 Å². The average molecular weight is 1790 g/mol. The number of nitrogens with one attached hydrogen (secondary N) is 12. The standard InChI is InChI=1S/2C35H52N6O12.C15H21NO3.C2H6/c2*1-36-30(45)6-5-17-52-28-11-7-24(29(18-28)51-4)23-53-35(50)14-10-27(44)20-38-33(48)22-40-34(49)21-39-32(47)13-9-26(43)19-37-31(46)12-8-25(42)15-16-41(2)3;1-2-3-13(17)12-6-4-11(5-7-12)10-16-14(18)8-9-15(16)19;1-2/h2*7,11,18H,5-6,8-10,12-17,19-23H2,1-4H3,(H,36,45)(H,37,46)(H,38,48)(H,39,47)(H,40,49);8-9,11-12H,2-7,10H2,1H3;1-2H3/p+2. The van der Waals surface area contributed by atoms with E-state index in [0.29, 0.717) is 124 Å². The third-order valence-corrected chi connectivity index (χ3v) is 18.9. The Kier molecular flexibility index (Phi) is 59.6. The highest BCUT2D eigenvalue weighted by Gasteiger charge is 2.31. The fourth-order valence-electron chi connectivity index (χ4n) is 11.4. The van der Waals surface area contributed by atoms with Crippen LogP contribution in [0.15, 0.2) is 48.6 Å². The number of imide groups is 1. The Morgan fingerprint density at radius 2 is 0.693 bits per heavy atom. The summed E-state index contributed by atoms with van der Waals surface area (Å²) in [7, 11) is 13.7. The van der Waals surface area contributed by atoms with Crippen molar-refractivity contribution >= 4 is 123 Å². The molecule has 2 aromatic carbocycles. The molecule has 0 unspecified atom stereocenters. The van der Waals surface area contributed by atoms with Crippen molar-refractivity contribution < 1.29 is 139 Å². The number of hydrogen-bond acceptors (Lipinski definition) is 27. The summed E-state index contributed by atoms with van der Waals surface area (Å²) < 4.78 is 32.4. The van der Waals surface area contributed by atoms with Crippen LogP contribution in [0.25, 0.3) is 0 Å². The summed E-state index contributed by atoms with van der Waals surface area (Å²) in [5.41, 5.74) is 1.15. The third kappa shape index (κ3) is 55.7. The maximum Gasteiger partial charge on any atom is 0.306 e. The Labute approximate surface area is 741 Å². The Balaban J connectivity index is 0.00000103. The highest BCUT2D eigenvalue weighted by molar-refractivity contribution is 6.13. The Hall–Kier alpha value is -12.2. The van der Waals surface area contributed by atoms with Gasteiger partial charge in [0.05, 0.1) is 147 Å². The number of carbonyl (C=O) groups excluding carboxylic acids is 21. The molecule has 0 saturated heterocycles. The first-order valence-corrected chi connectivity index (χ1v) is 42.8. The second-order valence-corrected chi connectivity index (χ2v) is 29.9. The molecular weight excluding hydrogens is 1660 g/mol. The van der Waals surface area contributed by atoms with Crippen LogP contribution in [0.3, 0.4) is 0 Å². The number of rotatable bonds is 61. The van der Waals surface area contributed by atoms with E-state index in [-0.39, 0.29) is 158 Å². The second kappa shape index (κ2) is 67.2.